The number of carbonyl (C=O) groups is 2. The van der Waals surface area contributed by atoms with Crippen molar-refractivity contribution < 1.29 is 24.2 Å². The maximum atomic E-state index is 11.4. The molecule has 0 aromatic heterocycles. The van der Waals surface area contributed by atoms with Crippen LogP contribution in [0.15, 0.2) is 36.4 Å². The number of hydrogen-bond acceptors (Lipinski definition) is 4. The third-order valence-electron chi connectivity index (χ3n) is 3.32. The van der Waals surface area contributed by atoms with Crippen LogP contribution in [0.25, 0.3) is 0 Å². The first kappa shape index (κ1) is 17.9. The Labute approximate surface area is 145 Å². The Kier molecular flexibility index (Phi) is 5.64. The van der Waals surface area contributed by atoms with E-state index in [9.17, 15) is 14.7 Å². The number of rotatable bonds is 4. The molecule has 0 atom stereocenters. The van der Waals surface area contributed by atoms with Gasteiger partial charge in [0, 0.05) is 18.6 Å². The van der Waals surface area contributed by atoms with Crippen LogP contribution in [0.5, 0.6) is 11.5 Å². The fourth-order valence-electron chi connectivity index (χ4n) is 2.19. The number of anilines is 1. The van der Waals surface area contributed by atoms with Gasteiger partial charge in [0.25, 0.3) is 0 Å². The first-order chi connectivity index (χ1) is 12.0. The minimum absolute atomic E-state index is 0.0113. The minimum atomic E-state index is -1.12. The summed E-state index contributed by atoms with van der Waals surface area (Å²) >= 11 is 0. The van der Waals surface area contributed by atoms with Gasteiger partial charge in [-0.3, -0.25) is 4.79 Å². The summed E-state index contributed by atoms with van der Waals surface area (Å²) in [6.07, 6.45) is 0. The number of benzene rings is 2. The van der Waals surface area contributed by atoms with E-state index < -0.39 is 5.97 Å². The molecule has 0 aliphatic carbocycles. The summed E-state index contributed by atoms with van der Waals surface area (Å²) in [5, 5.41) is 12.0. The highest BCUT2D eigenvalue weighted by molar-refractivity contribution is 5.92. The average Bonchev–Trinajstić information content (AvgIpc) is 2.59. The van der Waals surface area contributed by atoms with Crippen molar-refractivity contribution in [2.75, 3.05) is 19.5 Å². The van der Waals surface area contributed by atoms with E-state index in [1.165, 1.54) is 33.3 Å². The van der Waals surface area contributed by atoms with E-state index in [2.05, 4.69) is 17.2 Å². The number of ether oxygens (including phenoxy) is 2. The monoisotopic (exact) mass is 339 g/mol. The van der Waals surface area contributed by atoms with Crippen molar-refractivity contribution in [2.24, 2.45) is 0 Å². The van der Waals surface area contributed by atoms with Crippen molar-refractivity contribution in [1.82, 2.24) is 0 Å². The fourth-order valence-corrected chi connectivity index (χ4v) is 2.19. The van der Waals surface area contributed by atoms with Gasteiger partial charge >= 0.3 is 5.97 Å². The number of hydrogen-bond donors (Lipinski definition) is 2. The molecule has 0 aliphatic rings. The van der Waals surface area contributed by atoms with Crippen LogP contribution in [0, 0.1) is 11.8 Å². The summed E-state index contributed by atoms with van der Waals surface area (Å²) in [6.45, 7) is 1.41. The van der Waals surface area contributed by atoms with Crippen LogP contribution in [0.2, 0.25) is 0 Å². The van der Waals surface area contributed by atoms with Crippen molar-refractivity contribution in [1.29, 1.82) is 0 Å². The Hall–Kier alpha value is -3.46. The van der Waals surface area contributed by atoms with Gasteiger partial charge in [0.15, 0.2) is 0 Å². The smallest absolute Gasteiger partial charge is 0.339 e. The summed E-state index contributed by atoms with van der Waals surface area (Å²) in [7, 11) is 2.85. The Bertz CT molecular complexity index is 877. The zero-order valence-electron chi connectivity index (χ0n) is 14.0. The van der Waals surface area contributed by atoms with Crippen molar-refractivity contribution in [3.05, 3.63) is 53.1 Å². The van der Waals surface area contributed by atoms with Crippen LogP contribution in [0.1, 0.15) is 28.4 Å². The Balaban J connectivity index is 2.52. The minimum Gasteiger partial charge on any atom is -0.496 e. The molecule has 6 nitrogen and oxygen atoms in total. The van der Waals surface area contributed by atoms with E-state index in [1.807, 2.05) is 0 Å². The number of nitrogens with one attached hydrogen (secondary N) is 1. The maximum Gasteiger partial charge on any atom is 0.339 e. The quantitative estimate of drug-likeness (QED) is 0.837. The summed E-state index contributed by atoms with van der Waals surface area (Å²) < 4.78 is 10.3. The van der Waals surface area contributed by atoms with Crippen molar-refractivity contribution in [2.45, 2.75) is 6.92 Å². The summed E-state index contributed by atoms with van der Waals surface area (Å²) in [6, 6.07) is 9.95. The lowest BCUT2D eigenvalue weighted by molar-refractivity contribution is -0.114. The second-order valence-corrected chi connectivity index (χ2v) is 5.03. The van der Waals surface area contributed by atoms with Crippen LogP contribution in [-0.2, 0) is 4.79 Å². The first-order valence-corrected chi connectivity index (χ1v) is 7.34. The molecule has 2 aromatic carbocycles. The summed E-state index contributed by atoms with van der Waals surface area (Å²) in [5.74, 6) is 5.09. The van der Waals surface area contributed by atoms with E-state index >= 15 is 0 Å². The molecule has 6 heteroatoms. The molecule has 2 aromatic rings. The lowest BCUT2D eigenvalue weighted by Gasteiger charge is -2.09. The summed E-state index contributed by atoms with van der Waals surface area (Å²) in [5.41, 5.74) is 1.57. The van der Waals surface area contributed by atoms with E-state index in [4.69, 9.17) is 9.47 Å². The van der Waals surface area contributed by atoms with Crippen LogP contribution < -0.4 is 14.8 Å². The lowest BCUT2D eigenvalue weighted by atomic mass is 10.1. The largest absolute Gasteiger partial charge is 0.496 e. The molecule has 0 aliphatic heterocycles. The normalized spacial score (nSPS) is 9.56. The maximum absolute atomic E-state index is 11.4. The Morgan fingerprint density at radius 1 is 1.00 bits per heavy atom. The fraction of sp³-hybridized carbons (Fsp3) is 0.158. The molecule has 25 heavy (non-hydrogen) atoms. The van der Waals surface area contributed by atoms with Gasteiger partial charge in [-0.1, -0.05) is 24.0 Å². The van der Waals surface area contributed by atoms with Crippen LogP contribution >= 0.6 is 0 Å². The van der Waals surface area contributed by atoms with Gasteiger partial charge in [0.1, 0.15) is 17.1 Å². The predicted octanol–water partition coefficient (Wildman–Crippen LogP) is 2.76. The number of carbonyl (C=O) groups excluding carboxylic acids is 1. The van der Waals surface area contributed by atoms with Gasteiger partial charge in [-0.25, -0.2) is 4.79 Å². The SMILES string of the molecule is COc1cc(OC)c(C(=O)O)cc1C#Cc1ccccc1NC(C)=O. The highest BCUT2D eigenvalue weighted by Gasteiger charge is 2.15. The number of carboxylic acid groups (broad SMARTS) is 1. The van der Waals surface area contributed by atoms with Crippen molar-refractivity contribution in [3.8, 4) is 23.3 Å². The van der Waals surface area contributed by atoms with Crippen molar-refractivity contribution in [3.63, 3.8) is 0 Å². The highest BCUT2D eigenvalue weighted by Crippen LogP contribution is 2.29. The van der Waals surface area contributed by atoms with E-state index in [0.29, 0.717) is 22.6 Å². The molecule has 0 saturated heterocycles. The Morgan fingerprint density at radius 3 is 2.24 bits per heavy atom. The average molecular weight is 339 g/mol. The van der Waals surface area contributed by atoms with Gasteiger partial charge in [-0.05, 0) is 18.2 Å². The van der Waals surface area contributed by atoms with E-state index in [1.54, 1.807) is 24.3 Å². The molecule has 0 fully saturated rings. The third kappa shape index (κ3) is 4.30. The highest BCUT2D eigenvalue weighted by atomic mass is 16.5. The number of carboxylic acids is 1. The van der Waals surface area contributed by atoms with Crippen LogP contribution in [-0.4, -0.2) is 31.2 Å². The lowest BCUT2D eigenvalue weighted by Crippen LogP contribution is -2.07. The van der Waals surface area contributed by atoms with E-state index in [0.717, 1.165) is 0 Å². The molecular weight excluding hydrogens is 322 g/mol. The topological polar surface area (TPSA) is 84.9 Å². The number of methoxy groups -OCH3 is 2. The van der Waals surface area contributed by atoms with Gasteiger partial charge in [-0.2, -0.15) is 0 Å². The second kappa shape index (κ2) is 7.88. The first-order valence-electron chi connectivity index (χ1n) is 7.34. The van der Waals surface area contributed by atoms with Crippen LogP contribution in [0.4, 0.5) is 5.69 Å². The third-order valence-corrected chi connectivity index (χ3v) is 3.32. The van der Waals surface area contributed by atoms with Gasteiger partial charge in [0.05, 0.1) is 25.5 Å². The number of para-hydroxylation sites is 1. The molecule has 0 saturated carbocycles. The molecule has 0 bridgehead atoms. The van der Waals surface area contributed by atoms with Crippen LogP contribution in [0.3, 0.4) is 0 Å². The zero-order chi connectivity index (χ0) is 18.4. The molecule has 2 N–H and O–H groups in total. The zero-order valence-corrected chi connectivity index (χ0v) is 14.0. The molecule has 0 radical (unpaired) electrons. The molecule has 1 amide bonds. The van der Waals surface area contributed by atoms with Gasteiger partial charge in [0.2, 0.25) is 5.91 Å². The van der Waals surface area contributed by atoms with E-state index in [-0.39, 0.29) is 17.2 Å². The number of aromatic carboxylic acids is 1. The van der Waals surface area contributed by atoms with Gasteiger partial charge in [-0.15, -0.1) is 0 Å². The molecule has 0 heterocycles. The standard InChI is InChI=1S/C19H17NO5/c1-12(21)20-16-7-5-4-6-13(16)8-9-14-10-15(19(22)23)18(25-3)11-17(14)24-2/h4-7,10-11H,1-3H3,(H,20,21)(H,22,23). The predicted molar refractivity (Wildman–Crippen MR) is 93.2 cm³/mol. The second-order valence-electron chi connectivity index (χ2n) is 5.03. The molecule has 0 spiro atoms. The van der Waals surface area contributed by atoms with Crippen molar-refractivity contribution >= 4 is 17.6 Å². The molecular formula is C19H17NO5. The molecule has 2 rings (SSSR count). The summed E-state index contributed by atoms with van der Waals surface area (Å²) in [4.78, 5) is 22.6. The molecule has 0 unspecified atom stereocenters. The molecule has 128 valence electrons. The Morgan fingerprint density at radius 2 is 1.64 bits per heavy atom. The number of amides is 1. The van der Waals surface area contributed by atoms with Gasteiger partial charge < -0.3 is 19.9 Å².